The highest BCUT2D eigenvalue weighted by atomic mass is 16.5. The maximum absolute atomic E-state index is 12.4. The zero-order valence-corrected chi connectivity index (χ0v) is 15.0. The predicted molar refractivity (Wildman–Crippen MR) is 93.3 cm³/mol. The van der Waals surface area contributed by atoms with Gasteiger partial charge in [0.05, 0.1) is 5.92 Å². The summed E-state index contributed by atoms with van der Waals surface area (Å²) in [5, 5.41) is 0. The van der Waals surface area contributed by atoms with Gasteiger partial charge < -0.3 is 9.64 Å². The zero-order chi connectivity index (χ0) is 16.1. The number of ether oxygens (including phenoxy) is 1. The van der Waals surface area contributed by atoms with Crippen molar-refractivity contribution >= 4 is 5.97 Å². The van der Waals surface area contributed by atoms with Crippen molar-refractivity contribution in [2.75, 3.05) is 13.1 Å². The Bertz CT molecular complexity index is 362. The van der Waals surface area contributed by atoms with E-state index < -0.39 is 0 Å². The van der Waals surface area contributed by atoms with Crippen LogP contribution in [0.15, 0.2) is 0 Å². The van der Waals surface area contributed by atoms with Crippen molar-refractivity contribution in [1.29, 1.82) is 0 Å². The molecule has 0 aromatic heterocycles. The molecule has 3 aliphatic rings. The standard InChI is InChI=1S/C20H35NO2/c1-2-5-16-6-8-17(9-7-16)20(22)23-19-12-10-18(11-13-19)21-14-3-4-15-21/h16-19H,2-15H2,1H3. The third-order valence-electron chi connectivity index (χ3n) is 6.46. The Hall–Kier alpha value is -0.570. The Morgan fingerprint density at radius 3 is 2.22 bits per heavy atom. The summed E-state index contributed by atoms with van der Waals surface area (Å²) in [6, 6.07) is 0.761. The molecule has 0 spiro atoms. The van der Waals surface area contributed by atoms with E-state index in [2.05, 4.69) is 11.8 Å². The molecule has 3 fully saturated rings. The second kappa shape index (κ2) is 8.50. The van der Waals surface area contributed by atoms with Crippen LogP contribution >= 0.6 is 0 Å². The maximum atomic E-state index is 12.4. The first-order valence-corrected chi connectivity index (χ1v) is 10.2. The lowest BCUT2D eigenvalue weighted by molar-refractivity contribution is -0.157. The van der Waals surface area contributed by atoms with Crippen LogP contribution < -0.4 is 0 Å². The van der Waals surface area contributed by atoms with E-state index in [1.807, 2.05) is 0 Å². The van der Waals surface area contributed by atoms with Crippen molar-refractivity contribution in [3.05, 3.63) is 0 Å². The molecule has 1 aliphatic heterocycles. The predicted octanol–water partition coefficient (Wildman–Crippen LogP) is 4.54. The van der Waals surface area contributed by atoms with E-state index in [1.54, 1.807) is 0 Å². The maximum Gasteiger partial charge on any atom is 0.309 e. The second-order valence-electron chi connectivity index (χ2n) is 8.12. The number of likely N-dealkylation sites (tertiary alicyclic amines) is 1. The molecular weight excluding hydrogens is 286 g/mol. The van der Waals surface area contributed by atoms with Crippen molar-refractivity contribution in [1.82, 2.24) is 4.90 Å². The highest BCUT2D eigenvalue weighted by Crippen LogP contribution is 2.33. The molecule has 1 heterocycles. The summed E-state index contributed by atoms with van der Waals surface area (Å²) < 4.78 is 5.88. The van der Waals surface area contributed by atoms with Crippen molar-refractivity contribution in [2.24, 2.45) is 11.8 Å². The monoisotopic (exact) mass is 321 g/mol. The van der Waals surface area contributed by atoms with Crippen LogP contribution in [0.2, 0.25) is 0 Å². The zero-order valence-electron chi connectivity index (χ0n) is 15.0. The van der Waals surface area contributed by atoms with E-state index in [0.29, 0.717) is 0 Å². The van der Waals surface area contributed by atoms with E-state index in [9.17, 15) is 4.79 Å². The third-order valence-corrected chi connectivity index (χ3v) is 6.46. The molecule has 0 aromatic rings. The van der Waals surface area contributed by atoms with E-state index in [1.165, 1.54) is 64.5 Å². The number of hydrogen-bond acceptors (Lipinski definition) is 3. The molecule has 0 bridgehead atoms. The van der Waals surface area contributed by atoms with Crippen LogP contribution in [0.5, 0.6) is 0 Å². The Balaban J connectivity index is 1.36. The van der Waals surface area contributed by atoms with Gasteiger partial charge in [-0.25, -0.2) is 0 Å². The highest BCUT2D eigenvalue weighted by molar-refractivity contribution is 5.72. The van der Waals surface area contributed by atoms with Crippen LogP contribution in [-0.4, -0.2) is 36.1 Å². The first-order chi connectivity index (χ1) is 11.3. The van der Waals surface area contributed by atoms with Gasteiger partial charge in [-0.1, -0.05) is 19.8 Å². The van der Waals surface area contributed by atoms with Crippen LogP contribution in [0.1, 0.15) is 84.0 Å². The van der Waals surface area contributed by atoms with Gasteiger partial charge in [-0.3, -0.25) is 4.79 Å². The molecule has 0 unspecified atom stereocenters. The molecule has 2 aliphatic carbocycles. The molecule has 0 radical (unpaired) electrons. The van der Waals surface area contributed by atoms with Crippen LogP contribution in [0.4, 0.5) is 0 Å². The van der Waals surface area contributed by atoms with Crippen molar-refractivity contribution < 1.29 is 9.53 Å². The molecule has 1 saturated heterocycles. The lowest BCUT2D eigenvalue weighted by atomic mass is 9.80. The largest absolute Gasteiger partial charge is 0.462 e. The topological polar surface area (TPSA) is 29.5 Å². The van der Waals surface area contributed by atoms with Gasteiger partial charge in [0.1, 0.15) is 6.10 Å². The third kappa shape index (κ3) is 4.71. The molecule has 132 valence electrons. The van der Waals surface area contributed by atoms with Gasteiger partial charge in [0, 0.05) is 6.04 Å². The van der Waals surface area contributed by atoms with Crippen molar-refractivity contribution in [2.45, 2.75) is 96.1 Å². The summed E-state index contributed by atoms with van der Waals surface area (Å²) in [6.45, 7) is 4.84. The average Bonchev–Trinajstić information content (AvgIpc) is 3.11. The minimum atomic E-state index is 0.115. The Morgan fingerprint density at radius 1 is 0.957 bits per heavy atom. The molecule has 3 rings (SSSR count). The summed E-state index contributed by atoms with van der Waals surface area (Å²) in [5.74, 6) is 1.17. The summed E-state index contributed by atoms with van der Waals surface area (Å²) >= 11 is 0. The van der Waals surface area contributed by atoms with E-state index in [-0.39, 0.29) is 18.0 Å². The lowest BCUT2D eigenvalue weighted by Crippen LogP contribution is -2.38. The Labute approximate surface area is 142 Å². The first kappa shape index (κ1) is 17.3. The number of carbonyl (C=O) groups is 1. The Morgan fingerprint density at radius 2 is 1.61 bits per heavy atom. The second-order valence-corrected chi connectivity index (χ2v) is 8.12. The van der Waals surface area contributed by atoms with E-state index in [4.69, 9.17) is 4.74 Å². The molecule has 23 heavy (non-hydrogen) atoms. The number of nitrogens with zero attached hydrogens (tertiary/aromatic N) is 1. The summed E-state index contributed by atoms with van der Waals surface area (Å²) in [4.78, 5) is 15.1. The van der Waals surface area contributed by atoms with E-state index >= 15 is 0 Å². The first-order valence-electron chi connectivity index (χ1n) is 10.2. The van der Waals surface area contributed by atoms with Gasteiger partial charge in [0.2, 0.25) is 0 Å². The van der Waals surface area contributed by atoms with Gasteiger partial charge in [-0.15, -0.1) is 0 Å². The molecular formula is C20H35NO2. The number of hydrogen-bond donors (Lipinski definition) is 0. The van der Waals surface area contributed by atoms with Crippen LogP contribution in [-0.2, 0) is 9.53 Å². The molecule has 0 N–H and O–H groups in total. The number of rotatable bonds is 5. The van der Waals surface area contributed by atoms with Crippen LogP contribution in [0.3, 0.4) is 0 Å². The SMILES string of the molecule is CCCC1CCC(C(=O)OC2CCC(N3CCCC3)CC2)CC1. The highest BCUT2D eigenvalue weighted by Gasteiger charge is 2.32. The molecule has 3 nitrogen and oxygen atoms in total. The van der Waals surface area contributed by atoms with Gasteiger partial charge >= 0.3 is 5.97 Å². The van der Waals surface area contributed by atoms with Crippen LogP contribution in [0.25, 0.3) is 0 Å². The molecule has 0 amide bonds. The normalized spacial score (nSPS) is 36.0. The lowest BCUT2D eigenvalue weighted by Gasteiger charge is -2.35. The summed E-state index contributed by atoms with van der Waals surface area (Å²) in [5.41, 5.74) is 0. The average molecular weight is 322 g/mol. The van der Waals surface area contributed by atoms with Gasteiger partial charge in [-0.2, -0.15) is 0 Å². The van der Waals surface area contributed by atoms with Gasteiger partial charge in [-0.05, 0) is 83.2 Å². The quantitative estimate of drug-likeness (QED) is 0.696. The number of esters is 1. The fourth-order valence-corrected chi connectivity index (χ4v) is 4.99. The van der Waals surface area contributed by atoms with Crippen LogP contribution in [0, 0.1) is 11.8 Å². The molecule has 3 heteroatoms. The smallest absolute Gasteiger partial charge is 0.309 e. The fourth-order valence-electron chi connectivity index (χ4n) is 4.99. The fraction of sp³-hybridized carbons (Fsp3) is 0.950. The molecule has 2 saturated carbocycles. The molecule has 0 atom stereocenters. The van der Waals surface area contributed by atoms with E-state index in [0.717, 1.165) is 37.6 Å². The van der Waals surface area contributed by atoms with Crippen molar-refractivity contribution in [3.8, 4) is 0 Å². The minimum Gasteiger partial charge on any atom is -0.462 e. The van der Waals surface area contributed by atoms with Gasteiger partial charge in [0.15, 0.2) is 0 Å². The van der Waals surface area contributed by atoms with Crippen molar-refractivity contribution in [3.63, 3.8) is 0 Å². The summed E-state index contributed by atoms with van der Waals surface area (Å²) in [7, 11) is 0. The Kier molecular flexibility index (Phi) is 6.38. The van der Waals surface area contributed by atoms with Gasteiger partial charge in [0.25, 0.3) is 0 Å². The molecule has 0 aromatic carbocycles. The number of carbonyl (C=O) groups excluding carboxylic acids is 1. The minimum absolute atomic E-state index is 0.115. The summed E-state index contributed by atoms with van der Waals surface area (Å²) in [6.07, 6.45) is 14.8.